The molecule has 0 unspecified atom stereocenters. The molecule has 3 aliphatic rings. The Hall–Kier alpha value is -1.82. The highest BCUT2D eigenvalue weighted by Gasteiger charge is 2.66. The SMILES string of the molecule is N#CC1(c2ccccc2)CCN(C(=O)[C@H]2CC23CC3)CC1. The van der Waals surface area contributed by atoms with Crippen LogP contribution in [0.15, 0.2) is 30.3 Å². The Morgan fingerprint density at radius 3 is 2.33 bits per heavy atom. The molecule has 3 fully saturated rings. The Kier molecular flexibility index (Phi) is 2.66. The molecule has 21 heavy (non-hydrogen) atoms. The van der Waals surface area contributed by atoms with E-state index in [1.165, 1.54) is 12.8 Å². The standard InChI is InChI=1S/C18H20N2O/c19-13-18(14-4-2-1-3-5-14)8-10-20(11-9-18)16(21)15-12-17(15)6-7-17/h1-5,15H,6-12H2/t15-/m1/s1. The molecule has 0 N–H and O–H groups in total. The number of hydrogen-bond donors (Lipinski definition) is 0. The van der Waals surface area contributed by atoms with E-state index in [0.29, 0.717) is 17.2 Å². The van der Waals surface area contributed by atoms with Crippen molar-refractivity contribution in [3.05, 3.63) is 35.9 Å². The fourth-order valence-corrected chi connectivity index (χ4v) is 3.96. The van der Waals surface area contributed by atoms with Crippen molar-refractivity contribution in [2.24, 2.45) is 11.3 Å². The van der Waals surface area contributed by atoms with Crippen molar-refractivity contribution in [2.75, 3.05) is 13.1 Å². The summed E-state index contributed by atoms with van der Waals surface area (Å²) in [6, 6.07) is 12.6. The number of hydrogen-bond acceptors (Lipinski definition) is 2. The van der Waals surface area contributed by atoms with Crippen molar-refractivity contribution in [1.82, 2.24) is 4.90 Å². The Morgan fingerprint density at radius 2 is 1.81 bits per heavy atom. The van der Waals surface area contributed by atoms with Gasteiger partial charge in [0, 0.05) is 19.0 Å². The van der Waals surface area contributed by atoms with Crippen LogP contribution in [0.5, 0.6) is 0 Å². The molecule has 108 valence electrons. The lowest BCUT2D eigenvalue weighted by molar-refractivity contribution is -0.134. The van der Waals surface area contributed by atoms with Crippen LogP contribution in [0.2, 0.25) is 0 Å². The summed E-state index contributed by atoms with van der Waals surface area (Å²) in [6.45, 7) is 1.46. The van der Waals surface area contributed by atoms with Crippen LogP contribution in [-0.2, 0) is 10.2 Å². The molecule has 1 atom stereocenters. The first-order chi connectivity index (χ1) is 10.2. The molecule has 0 bridgehead atoms. The minimum atomic E-state index is -0.404. The van der Waals surface area contributed by atoms with E-state index < -0.39 is 5.41 Å². The van der Waals surface area contributed by atoms with Crippen LogP contribution in [0.25, 0.3) is 0 Å². The van der Waals surface area contributed by atoms with Crippen LogP contribution < -0.4 is 0 Å². The molecule has 2 saturated carbocycles. The minimum Gasteiger partial charge on any atom is -0.342 e. The summed E-state index contributed by atoms with van der Waals surface area (Å²) in [5.74, 6) is 0.663. The molecular weight excluding hydrogens is 260 g/mol. The third kappa shape index (κ3) is 1.97. The molecule has 0 radical (unpaired) electrons. The number of carbonyl (C=O) groups is 1. The van der Waals surface area contributed by atoms with Crippen LogP contribution in [0.4, 0.5) is 0 Å². The summed E-state index contributed by atoms with van der Waals surface area (Å²) >= 11 is 0. The van der Waals surface area contributed by atoms with Crippen molar-refractivity contribution in [3.63, 3.8) is 0 Å². The van der Waals surface area contributed by atoms with Crippen LogP contribution in [0, 0.1) is 22.7 Å². The van der Waals surface area contributed by atoms with Gasteiger partial charge in [-0.2, -0.15) is 5.26 Å². The van der Waals surface area contributed by atoms with Crippen LogP contribution in [0.3, 0.4) is 0 Å². The lowest BCUT2D eigenvalue weighted by Gasteiger charge is -2.37. The molecule has 0 aromatic heterocycles. The Labute approximate surface area is 125 Å². The number of likely N-dealkylation sites (tertiary alicyclic amines) is 1. The molecule has 1 aromatic rings. The zero-order valence-electron chi connectivity index (χ0n) is 12.2. The molecule has 1 amide bonds. The number of benzene rings is 1. The second-order valence-corrected chi connectivity index (χ2v) is 7.00. The van der Waals surface area contributed by atoms with Gasteiger partial charge < -0.3 is 4.90 Å². The maximum atomic E-state index is 12.5. The first kappa shape index (κ1) is 12.9. The summed E-state index contributed by atoms with van der Waals surface area (Å²) in [4.78, 5) is 14.5. The van der Waals surface area contributed by atoms with Crippen molar-refractivity contribution < 1.29 is 4.79 Å². The second-order valence-electron chi connectivity index (χ2n) is 7.00. The van der Waals surface area contributed by atoms with E-state index in [1.54, 1.807) is 0 Å². The highest BCUT2D eigenvalue weighted by Crippen LogP contribution is 2.71. The Morgan fingerprint density at radius 1 is 1.14 bits per heavy atom. The van der Waals surface area contributed by atoms with Crippen molar-refractivity contribution >= 4 is 5.91 Å². The molecule has 3 heteroatoms. The monoisotopic (exact) mass is 280 g/mol. The van der Waals surface area contributed by atoms with Gasteiger partial charge in [-0.25, -0.2) is 0 Å². The molecule has 1 aliphatic heterocycles. The number of rotatable bonds is 2. The first-order valence-corrected chi connectivity index (χ1v) is 7.95. The molecular formula is C18H20N2O. The van der Waals surface area contributed by atoms with Crippen LogP contribution in [-0.4, -0.2) is 23.9 Å². The van der Waals surface area contributed by atoms with Crippen LogP contribution in [0.1, 0.15) is 37.7 Å². The van der Waals surface area contributed by atoms with Crippen molar-refractivity contribution in [3.8, 4) is 6.07 Å². The van der Waals surface area contributed by atoms with Gasteiger partial charge in [0.05, 0.1) is 11.5 Å². The predicted octanol–water partition coefficient (Wildman–Crippen LogP) is 2.87. The number of carbonyl (C=O) groups excluding carboxylic acids is 1. The number of piperidine rings is 1. The second kappa shape index (κ2) is 4.34. The Bertz CT molecular complexity index is 604. The van der Waals surface area contributed by atoms with Crippen molar-refractivity contribution in [2.45, 2.75) is 37.5 Å². The van der Waals surface area contributed by atoms with Gasteiger partial charge in [0.15, 0.2) is 0 Å². The zero-order chi connectivity index (χ0) is 14.5. The third-order valence-corrected chi connectivity index (χ3v) is 5.85. The molecule has 1 heterocycles. The fraction of sp³-hybridized carbons (Fsp3) is 0.556. The molecule has 4 rings (SSSR count). The van der Waals surface area contributed by atoms with E-state index in [2.05, 4.69) is 6.07 Å². The molecule has 1 saturated heterocycles. The third-order valence-electron chi connectivity index (χ3n) is 5.85. The number of amides is 1. The summed E-state index contributed by atoms with van der Waals surface area (Å²) in [5.41, 5.74) is 1.13. The van der Waals surface area contributed by atoms with Gasteiger partial charge in [-0.05, 0) is 43.1 Å². The molecule has 1 spiro atoms. The quantitative estimate of drug-likeness (QED) is 0.836. The zero-order valence-corrected chi connectivity index (χ0v) is 12.2. The largest absolute Gasteiger partial charge is 0.342 e. The Balaban J connectivity index is 1.46. The van der Waals surface area contributed by atoms with E-state index in [4.69, 9.17) is 0 Å². The maximum Gasteiger partial charge on any atom is 0.226 e. The van der Waals surface area contributed by atoms with Crippen LogP contribution >= 0.6 is 0 Å². The highest BCUT2D eigenvalue weighted by atomic mass is 16.2. The topological polar surface area (TPSA) is 44.1 Å². The summed E-state index contributed by atoms with van der Waals surface area (Å²) < 4.78 is 0. The fourth-order valence-electron chi connectivity index (χ4n) is 3.96. The van der Waals surface area contributed by atoms with E-state index >= 15 is 0 Å². The number of nitrogens with zero attached hydrogens (tertiary/aromatic N) is 2. The maximum absolute atomic E-state index is 12.5. The van der Waals surface area contributed by atoms with Gasteiger partial charge in [-0.15, -0.1) is 0 Å². The van der Waals surface area contributed by atoms with Crippen molar-refractivity contribution in [1.29, 1.82) is 5.26 Å². The first-order valence-electron chi connectivity index (χ1n) is 7.95. The smallest absolute Gasteiger partial charge is 0.226 e. The summed E-state index contributed by atoms with van der Waals surface area (Å²) in [7, 11) is 0. The lowest BCUT2D eigenvalue weighted by atomic mass is 9.74. The van der Waals surface area contributed by atoms with E-state index in [0.717, 1.165) is 37.9 Å². The lowest BCUT2D eigenvalue weighted by Crippen LogP contribution is -2.45. The van der Waals surface area contributed by atoms with Gasteiger partial charge >= 0.3 is 0 Å². The van der Waals surface area contributed by atoms with E-state index in [1.807, 2.05) is 35.2 Å². The van der Waals surface area contributed by atoms with Gasteiger partial charge in [0.25, 0.3) is 0 Å². The van der Waals surface area contributed by atoms with Gasteiger partial charge in [0.1, 0.15) is 0 Å². The normalized spacial score (nSPS) is 28.0. The number of nitriles is 1. The average Bonchev–Trinajstić information content (AvgIpc) is 3.48. The minimum absolute atomic E-state index is 0.309. The average molecular weight is 280 g/mol. The predicted molar refractivity (Wildman–Crippen MR) is 79.3 cm³/mol. The van der Waals surface area contributed by atoms with E-state index in [9.17, 15) is 10.1 Å². The summed E-state index contributed by atoms with van der Waals surface area (Å²) in [5, 5.41) is 9.68. The molecule has 2 aliphatic carbocycles. The summed E-state index contributed by atoms with van der Waals surface area (Å²) in [6.07, 6.45) is 5.15. The van der Waals surface area contributed by atoms with Gasteiger partial charge in [-0.3, -0.25) is 4.79 Å². The van der Waals surface area contributed by atoms with Gasteiger partial charge in [-0.1, -0.05) is 30.3 Å². The highest BCUT2D eigenvalue weighted by molar-refractivity contribution is 5.83. The molecule has 1 aromatic carbocycles. The molecule has 3 nitrogen and oxygen atoms in total. The van der Waals surface area contributed by atoms with Gasteiger partial charge in [0.2, 0.25) is 5.91 Å². The van der Waals surface area contributed by atoms with E-state index in [-0.39, 0.29) is 0 Å².